The Morgan fingerprint density at radius 2 is 2.07 bits per heavy atom. The van der Waals surface area contributed by atoms with E-state index in [2.05, 4.69) is 4.98 Å². The second-order valence-electron chi connectivity index (χ2n) is 2.37. The summed E-state index contributed by atoms with van der Waals surface area (Å²) in [7, 11) is 0. The lowest BCUT2D eigenvalue weighted by molar-refractivity contribution is -0.0885. The van der Waals surface area contributed by atoms with Gasteiger partial charge in [0.2, 0.25) is 0 Å². The molecule has 0 amide bonds. The van der Waals surface area contributed by atoms with Crippen LogP contribution in [0, 0.1) is 11.3 Å². The zero-order valence-electron chi connectivity index (χ0n) is 6.67. The summed E-state index contributed by atoms with van der Waals surface area (Å²) < 4.78 is 35.6. The lowest BCUT2D eigenvalue weighted by atomic mass is 10.2. The molecular formula is C8H3F3N2O. The maximum absolute atomic E-state index is 11.9. The van der Waals surface area contributed by atoms with Crippen LogP contribution >= 0.6 is 0 Å². The summed E-state index contributed by atoms with van der Waals surface area (Å²) in [6.07, 6.45) is -4.18. The first kappa shape index (κ1) is 10.2. The Bertz CT molecular complexity index is 389. The Morgan fingerprint density at radius 3 is 2.43 bits per heavy atom. The molecule has 0 N–H and O–H groups in total. The molecule has 1 rings (SSSR count). The van der Waals surface area contributed by atoms with E-state index >= 15 is 0 Å². The van der Waals surface area contributed by atoms with Gasteiger partial charge in [-0.05, 0) is 12.1 Å². The number of hydrogen-bond acceptors (Lipinski definition) is 3. The van der Waals surface area contributed by atoms with Crippen molar-refractivity contribution in [2.45, 2.75) is 6.18 Å². The van der Waals surface area contributed by atoms with Crippen molar-refractivity contribution in [2.75, 3.05) is 0 Å². The van der Waals surface area contributed by atoms with E-state index in [1.807, 2.05) is 0 Å². The number of carbonyl (C=O) groups is 1. The third-order valence-electron chi connectivity index (χ3n) is 1.40. The molecular weight excluding hydrogens is 197 g/mol. The maximum atomic E-state index is 11.9. The Hall–Kier alpha value is -1.90. The molecule has 1 aromatic heterocycles. The Kier molecular flexibility index (Phi) is 2.51. The standard InChI is InChI=1S/C8H3F3N2O/c9-8(10,11)7(14)5-1-2-6(3-12)13-4-5/h1-2,4H. The molecule has 0 aliphatic heterocycles. The molecule has 14 heavy (non-hydrogen) atoms. The zero-order valence-corrected chi connectivity index (χ0v) is 6.67. The second kappa shape index (κ2) is 3.46. The van der Waals surface area contributed by atoms with Gasteiger partial charge in [0.05, 0.1) is 0 Å². The number of carbonyl (C=O) groups excluding carboxylic acids is 1. The molecule has 72 valence electrons. The number of pyridine rings is 1. The molecule has 0 unspecified atom stereocenters. The van der Waals surface area contributed by atoms with Crippen molar-refractivity contribution in [3.05, 3.63) is 29.6 Å². The summed E-state index contributed by atoms with van der Waals surface area (Å²) in [6.45, 7) is 0. The fraction of sp³-hybridized carbons (Fsp3) is 0.125. The first-order valence-electron chi connectivity index (χ1n) is 3.43. The van der Waals surface area contributed by atoms with Gasteiger partial charge in [-0.25, -0.2) is 4.98 Å². The van der Waals surface area contributed by atoms with E-state index in [1.54, 1.807) is 6.07 Å². The van der Waals surface area contributed by atoms with Crippen molar-refractivity contribution in [1.82, 2.24) is 4.98 Å². The van der Waals surface area contributed by atoms with Gasteiger partial charge in [-0.15, -0.1) is 0 Å². The molecule has 0 fully saturated rings. The summed E-state index contributed by atoms with van der Waals surface area (Å²) in [5.74, 6) is -1.96. The van der Waals surface area contributed by atoms with E-state index in [-0.39, 0.29) is 5.69 Å². The zero-order chi connectivity index (χ0) is 10.8. The highest BCUT2D eigenvalue weighted by molar-refractivity contribution is 5.99. The average Bonchev–Trinajstić information content (AvgIpc) is 2.15. The molecule has 6 heteroatoms. The summed E-state index contributed by atoms with van der Waals surface area (Å²) in [5.41, 5.74) is -0.611. The van der Waals surface area contributed by atoms with Crippen LogP contribution in [0.1, 0.15) is 16.1 Å². The van der Waals surface area contributed by atoms with Crippen LogP contribution in [0.5, 0.6) is 0 Å². The number of hydrogen-bond donors (Lipinski definition) is 0. The predicted molar refractivity (Wildman–Crippen MR) is 39.3 cm³/mol. The highest BCUT2D eigenvalue weighted by Gasteiger charge is 2.39. The van der Waals surface area contributed by atoms with Crippen LogP contribution in [0.25, 0.3) is 0 Å². The van der Waals surface area contributed by atoms with Crippen molar-refractivity contribution < 1.29 is 18.0 Å². The molecule has 0 atom stereocenters. The molecule has 0 aliphatic carbocycles. The van der Waals surface area contributed by atoms with Crippen LogP contribution in [0.2, 0.25) is 0 Å². The molecule has 0 spiro atoms. The molecule has 0 bridgehead atoms. The third-order valence-corrected chi connectivity index (χ3v) is 1.40. The van der Waals surface area contributed by atoms with E-state index in [0.717, 1.165) is 18.3 Å². The number of nitrogens with zero attached hydrogens (tertiary/aromatic N) is 2. The predicted octanol–water partition coefficient (Wildman–Crippen LogP) is 1.70. The maximum Gasteiger partial charge on any atom is 0.454 e. The molecule has 0 saturated heterocycles. The van der Waals surface area contributed by atoms with Gasteiger partial charge in [0.25, 0.3) is 5.78 Å². The molecule has 0 aliphatic rings. The topological polar surface area (TPSA) is 53.8 Å². The number of nitriles is 1. The van der Waals surface area contributed by atoms with E-state index < -0.39 is 17.5 Å². The summed E-state index contributed by atoms with van der Waals surface area (Å²) >= 11 is 0. The number of rotatable bonds is 1. The third kappa shape index (κ3) is 2.07. The minimum Gasteiger partial charge on any atom is -0.284 e. The van der Waals surface area contributed by atoms with E-state index in [1.165, 1.54) is 0 Å². The van der Waals surface area contributed by atoms with E-state index in [0.29, 0.717) is 0 Å². The average molecular weight is 200 g/mol. The van der Waals surface area contributed by atoms with Gasteiger partial charge in [0.15, 0.2) is 0 Å². The number of aromatic nitrogens is 1. The lowest BCUT2D eigenvalue weighted by Crippen LogP contribution is -2.22. The lowest BCUT2D eigenvalue weighted by Gasteiger charge is -2.03. The SMILES string of the molecule is N#Cc1ccc(C(=O)C(F)(F)F)cn1. The Morgan fingerprint density at radius 1 is 1.43 bits per heavy atom. The van der Waals surface area contributed by atoms with Crippen LogP contribution in [0.15, 0.2) is 18.3 Å². The fourth-order valence-electron chi connectivity index (χ4n) is 0.758. The number of ketones is 1. The smallest absolute Gasteiger partial charge is 0.284 e. The summed E-state index contributed by atoms with van der Waals surface area (Å²) in [6, 6.07) is 3.60. The fourth-order valence-corrected chi connectivity index (χ4v) is 0.758. The monoisotopic (exact) mass is 200 g/mol. The number of halogens is 3. The summed E-state index contributed by atoms with van der Waals surface area (Å²) in [5, 5.41) is 8.31. The highest BCUT2D eigenvalue weighted by atomic mass is 19.4. The second-order valence-corrected chi connectivity index (χ2v) is 2.37. The Balaban J connectivity index is 3.00. The van der Waals surface area contributed by atoms with Crippen molar-refractivity contribution in [2.24, 2.45) is 0 Å². The molecule has 0 radical (unpaired) electrons. The Labute approximate surface area is 76.8 Å². The van der Waals surface area contributed by atoms with Crippen molar-refractivity contribution in [3.8, 4) is 6.07 Å². The van der Waals surface area contributed by atoms with Gasteiger partial charge in [-0.1, -0.05) is 0 Å². The molecule has 1 aromatic rings. The normalized spacial score (nSPS) is 10.7. The molecule has 0 aromatic carbocycles. The van der Waals surface area contributed by atoms with E-state index in [4.69, 9.17) is 5.26 Å². The number of Topliss-reactive ketones (excluding diaryl/α,β-unsaturated/α-hetero) is 1. The first-order chi connectivity index (χ1) is 6.45. The van der Waals surface area contributed by atoms with Crippen LogP contribution in [-0.4, -0.2) is 16.9 Å². The minimum atomic E-state index is -4.91. The minimum absolute atomic E-state index is 0.0382. The van der Waals surface area contributed by atoms with Gasteiger partial charge >= 0.3 is 6.18 Å². The van der Waals surface area contributed by atoms with Crippen molar-refractivity contribution in [3.63, 3.8) is 0 Å². The van der Waals surface area contributed by atoms with Gasteiger partial charge < -0.3 is 0 Å². The first-order valence-corrected chi connectivity index (χ1v) is 3.43. The largest absolute Gasteiger partial charge is 0.454 e. The van der Waals surface area contributed by atoms with Gasteiger partial charge in [0, 0.05) is 11.8 Å². The van der Waals surface area contributed by atoms with Gasteiger partial charge in [-0.3, -0.25) is 4.79 Å². The van der Waals surface area contributed by atoms with Crippen LogP contribution < -0.4 is 0 Å². The van der Waals surface area contributed by atoms with Crippen molar-refractivity contribution in [1.29, 1.82) is 5.26 Å². The van der Waals surface area contributed by atoms with E-state index in [9.17, 15) is 18.0 Å². The number of alkyl halides is 3. The molecule has 3 nitrogen and oxygen atoms in total. The van der Waals surface area contributed by atoms with Gasteiger partial charge in [-0.2, -0.15) is 18.4 Å². The van der Waals surface area contributed by atoms with Gasteiger partial charge in [0.1, 0.15) is 11.8 Å². The van der Waals surface area contributed by atoms with Crippen LogP contribution in [0.4, 0.5) is 13.2 Å². The van der Waals surface area contributed by atoms with Crippen LogP contribution in [0.3, 0.4) is 0 Å². The van der Waals surface area contributed by atoms with Crippen LogP contribution in [-0.2, 0) is 0 Å². The van der Waals surface area contributed by atoms with Crippen molar-refractivity contribution >= 4 is 5.78 Å². The molecule has 1 heterocycles. The molecule has 0 saturated carbocycles. The quantitative estimate of drug-likeness (QED) is 0.648. The highest BCUT2D eigenvalue weighted by Crippen LogP contribution is 2.20. The summed E-state index contributed by atoms with van der Waals surface area (Å²) in [4.78, 5) is 14.0.